The molecule has 0 saturated carbocycles. The zero-order valence-electron chi connectivity index (χ0n) is 11.8. The van der Waals surface area contributed by atoms with E-state index < -0.39 is 0 Å². The van der Waals surface area contributed by atoms with Gasteiger partial charge in [-0.2, -0.15) is 0 Å². The van der Waals surface area contributed by atoms with E-state index in [0.717, 1.165) is 30.4 Å². The van der Waals surface area contributed by atoms with Crippen molar-refractivity contribution >= 4 is 0 Å². The lowest BCUT2D eigenvalue weighted by Crippen LogP contribution is -2.02. The Morgan fingerprint density at radius 3 is 1.80 bits per heavy atom. The first-order chi connectivity index (χ1) is 9.20. The highest BCUT2D eigenvalue weighted by Gasteiger charge is 2.14. The van der Waals surface area contributed by atoms with Crippen molar-refractivity contribution in [1.29, 1.82) is 0 Å². The lowest BCUT2D eigenvalue weighted by molar-refractivity contribution is 0.604. The number of benzene rings is 2. The van der Waals surface area contributed by atoms with Crippen LogP contribution in [0.1, 0.15) is 43.2 Å². The molecule has 0 bridgehead atoms. The Labute approximate surface area is 119 Å². The summed E-state index contributed by atoms with van der Waals surface area (Å²) in [5.41, 5.74) is 1.83. The van der Waals surface area contributed by atoms with E-state index in [-0.39, 0.29) is 23.7 Å². The van der Waals surface area contributed by atoms with Crippen molar-refractivity contribution < 1.29 is 8.78 Å². The summed E-state index contributed by atoms with van der Waals surface area (Å²) in [6.45, 7) is 2.12. The molecular weight excluding hydrogens is 256 g/mol. The molecular formula is C17H21F2N. The fourth-order valence-corrected chi connectivity index (χ4v) is 2.38. The highest BCUT2D eigenvalue weighted by atomic mass is 19.1. The van der Waals surface area contributed by atoms with Crippen molar-refractivity contribution in [3.05, 3.63) is 71.3 Å². The number of unbranched alkanes of at least 4 members (excludes halogenated alkanes) is 1. The highest BCUT2D eigenvalue weighted by Crippen LogP contribution is 2.30. The molecule has 0 heterocycles. The Kier molecular flexibility index (Phi) is 6.32. The Balaban J connectivity index is 0.00000200. The summed E-state index contributed by atoms with van der Waals surface area (Å²) < 4.78 is 26.7. The molecule has 0 amide bonds. The minimum Gasteiger partial charge on any atom is -0.344 e. The topological polar surface area (TPSA) is 35.0 Å². The molecule has 0 saturated heterocycles. The van der Waals surface area contributed by atoms with E-state index in [0.29, 0.717) is 0 Å². The summed E-state index contributed by atoms with van der Waals surface area (Å²) >= 11 is 0. The van der Waals surface area contributed by atoms with Crippen LogP contribution in [0.25, 0.3) is 0 Å². The van der Waals surface area contributed by atoms with Gasteiger partial charge in [-0.25, -0.2) is 8.78 Å². The maximum absolute atomic E-state index is 13.4. The van der Waals surface area contributed by atoms with Crippen LogP contribution in [0.2, 0.25) is 0 Å². The molecule has 0 aliphatic rings. The molecule has 2 rings (SSSR count). The van der Waals surface area contributed by atoms with Gasteiger partial charge in [-0.05, 0) is 41.8 Å². The number of rotatable bonds is 5. The molecule has 0 unspecified atom stereocenters. The smallest absolute Gasteiger partial charge is 0.123 e. The van der Waals surface area contributed by atoms with Crippen molar-refractivity contribution in [2.45, 2.75) is 32.1 Å². The van der Waals surface area contributed by atoms with E-state index in [9.17, 15) is 8.78 Å². The predicted octanol–water partition coefficient (Wildman–Crippen LogP) is 5.45. The minimum atomic E-state index is -0.240. The van der Waals surface area contributed by atoms with E-state index in [2.05, 4.69) is 6.92 Å². The molecule has 0 fully saturated rings. The van der Waals surface area contributed by atoms with Crippen LogP contribution < -0.4 is 6.15 Å². The van der Waals surface area contributed by atoms with Crippen LogP contribution in [0.4, 0.5) is 8.78 Å². The largest absolute Gasteiger partial charge is 0.344 e. The third-order valence-corrected chi connectivity index (χ3v) is 3.35. The molecule has 3 N–H and O–H groups in total. The van der Waals surface area contributed by atoms with Gasteiger partial charge in [-0.1, -0.05) is 44.0 Å². The first-order valence-electron chi connectivity index (χ1n) is 6.71. The van der Waals surface area contributed by atoms with E-state index in [1.54, 1.807) is 24.3 Å². The maximum atomic E-state index is 13.4. The fourth-order valence-electron chi connectivity index (χ4n) is 2.38. The van der Waals surface area contributed by atoms with Crippen molar-refractivity contribution in [1.82, 2.24) is 6.15 Å². The van der Waals surface area contributed by atoms with Crippen LogP contribution in [-0.4, -0.2) is 0 Å². The zero-order valence-corrected chi connectivity index (χ0v) is 11.8. The molecule has 20 heavy (non-hydrogen) atoms. The predicted molar refractivity (Wildman–Crippen MR) is 79.2 cm³/mol. The van der Waals surface area contributed by atoms with Gasteiger partial charge < -0.3 is 6.15 Å². The van der Waals surface area contributed by atoms with Crippen molar-refractivity contribution in [3.8, 4) is 0 Å². The molecule has 2 aromatic rings. The van der Waals surface area contributed by atoms with Gasteiger partial charge in [0.2, 0.25) is 0 Å². The first-order valence-corrected chi connectivity index (χ1v) is 6.71. The number of halogens is 2. The van der Waals surface area contributed by atoms with E-state index >= 15 is 0 Å². The third kappa shape index (κ3) is 4.14. The third-order valence-electron chi connectivity index (χ3n) is 3.35. The quantitative estimate of drug-likeness (QED) is 0.775. The normalized spacial score (nSPS) is 10.4. The van der Waals surface area contributed by atoms with E-state index in [4.69, 9.17) is 0 Å². The molecule has 108 valence electrons. The highest BCUT2D eigenvalue weighted by molar-refractivity contribution is 5.33. The average molecular weight is 277 g/mol. The summed E-state index contributed by atoms with van der Waals surface area (Å²) in [7, 11) is 0. The lowest BCUT2D eigenvalue weighted by atomic mass is 9.87. The van der Waals surface area contributed by atoms with Crippen molar-refractivity contribution in [2.75, 3.05) is 0 Å². The summed E-state index contributed by atoms with van der Waals surface area (Å²) in [6, 6.07) is 13.2. The van der Waals surface area contributed by atoms with Crippen molar-refractivity contribution in [3.63, 3.8) is 0 Å². The van der Waals surface area contributed by atoms with Crippen LogP contribution >= 0.6 is 0 Å². The van der Waals surface area contributed by atoms with Crippen LogP contribution in [0.5, 0.6) is 0 Å². The minimum absolute atomic E-state index is 0. The first kappa shape index (κ1) is 16.3. The second-order valence-electron chi connectivity index (χ2n) is 4.80. The standard InChI is InChI=1S/C17H18F2.H3N/c1-2-3-10-17(13-6-4-8-15(18)11-13)14-7-5-9-16(19)12-14;/h4-9,11-12,17H,2-3,10H2,1H3;1H3. The van der Waals surface area contributed by atoms with E-state index in [1.165, 1.54) is 12.1 Å². The van der Waals surface area contributed by atoms with Crippen LogP contribution in [0, 0.1) is 11.6 Å². The summed E-state index contributed by atoms with van der Waals surface area (Å²) in [5, 5.41) is 0. The van der Waals surface area contributed by atoms with Crippen molar-refractivity contribution in [2.24, 2.45) is 0 Å². The van der Waals surface area contributed by atoms with Crippen LogP contribution in [0.15, 0.2) is 48.5 Å². The second-order valence-corrected chi connectivity index (χ2v) is 4.80. The Bertz CT molecular complexity index is 495. The lowest BCUT2D eigenvalue weighted by Gasteiger charge is -2.18. The molecule has 1 nitrogen and oxygen atoms in total. The summed E-state index contributed by atoms with van der Waals surface area (Å²) in [5.74, 6) is -0.419. The Morgan fingerprint density at radius 2 is 1.40 bits per heavy atom. The maximum Gasteiger partial charge on any atom is 0.123 e. The van der Waals surface area contributed by atoms with Gasteiger partial charge in [0.05, 0.1) is 0 Å². The van der Waals surface area contributed by atoms with Gasteiger partial charge in [0.25, 0.3) is 0 Å². The van der Waals surface area contributed by atoms with Gasteiger partial charge in [0.15, 0.2) is 0 Å². The van der Waals surface area contributed by atoms with Gasteiger partial charge >= 0.3 is 0 Å². The fraction of sp³-hybridized carbons (Fsp3) is 0.294. The van der Waals surface area contributed by atoms with E-state index in [1.807, 2.05) is 12.1 Å². The van der Waals surface area contributed by atoms with Gasteiger partial charge in [-0.3, -0.25) is 0 Å². The SMILES string of the molecule is CCCCC(c1cccc(F)c1)c1cccc(F)c1.N. The molecule has 3 heteroatoms. The van der Waals surface area contributed by atoms with Crippen LogP contribution in [0.3, 0.4) is 0 Å². The molecule has 0 aliphatic carbocycles. The number of hydrogen-bond donors (Lipinski definition) is 1. The molecule has 0 aliphatic heterocycles. The van der Waals surface area contributed by atoms with Gasteiger partial charge in [-0.15, -0.1) is 0 Å². The second kappa shape index (κ2) is 7.75. The molecule has 0 spiro atoms. The van der Waals surface area contributed by atoms with Gasteiger partial charge in [0.1, 0.15) is 11.6 Å². The Hall–Kier alpha value is -1.74. The molecule has 2 aromatic carbocycles. The van der Waals surface area contributed by atoms with Gasteiger partial charge in [0, 0.05) is 5.92 Å². The summed E-state index contributed by atoms with van der Waals surface area (Å²) in [6.07, 6.45) is 3.02. The Morgan fingerprint density at radius 1 is 0.900 bits per heavy atom. The zero-order chi connectivity index (χ0) is 13.7. The number of hydrogen-bond acceptors (Lipinski definition) is 1. The monoisotopic (exact) mass is 277 g/mol. The molecule has 0 aromatic heterocycles. The molecule has 0 atom stereocenters. The van der Waals surface area contributed by atoms with Crippen LogP contribution in [-0.2, 0) is 0 Å². The summed E-state index contributed by atoms with van der Waals surface area (Å²) in [4.78, 5) is 0. The molecule has 0 radical (unpaired) electrons. The average Bonchev–Trinajstić information content (AvgIpc) is 2.39.